The number of hydrogen-bond acceptors (Lipinski definition) is 5. The molecule has 2 aromatic carbocycles. The summed E-state index contributed by atoms with van der Waals surface area (Å²) in [6.07, 6.45) is -3.25. The van der Waals surface area contributed by atoms with Crippen LogP contribution in [-0.4, -0.2) is 33.3 Å². The van der Waals surface area contributed by atoms with Crippen molar-refractivity contribution in [2.75, 3.05) is 7.11 Å². The largest absolute Gasteiger partial charge is 0.497 e. The minimum Gasteiger partial charge on any atom is -0.497 e. The highest BCUT2D eigenvalue weighted by atomic mass is 19.4. The molecule has 4 aromatic rings. The molecule has 0 atom stereocenters. The Kier molecular flexibility index (Phi) is 6.02. The fourth-order valence-electron chi connectivity index (χ4n) is 4.06. The Hall–Kier alpha value is -4.48. The van der Waals surface area contributed by atoms with Gasteiger partial charge in [-0.25, -0.2) is 13.8 Å². The Balaban J connectivity index is 1.37. The number of nitrogens with zero attached hydrogens (tertiary/aromatic N) is 3. The van der Waals surface area contributed by atoms with Crippen LogP contribution in [0.1, 0.15) is 22.6 Å². The van der Waals surface area contributed by atoms with E-state index < -0.39 is 28.9 Å². The number of methoxy groups -OCH3 is 1. The highest BCUT2D eigenvalue weighted by molar-refractivity contribution is 5.80. The van der Waals surface area contributed by atoms with Crippen LogP contribution in [-0.2, 0) is 19.3 Å². The normalized spacial score (nSPS) is 13.1. The number of nitrogens with one attached hydrogen (secondary N) is 2. The molecule has 0 fully saturated rings. The maximum absolute atomic E-state index is 14.2. The van der Waals surface area contributed by atoms with E-state index in [2.05, 4.69) is 20.1 Å². The zero-order valence-electron chi connectivity index (χ0n) is 19.2. The van der Waals surface area contributed by atoms with E-state index in [0.29, 0.717) is 17.1 Å². The first kappa shape index (κ1) is 24.2. The maximum Gasteiger partial charge on any atom is 0.417 e. The molecule has 5 rings (SSSR count). The molecule has 1 aliphatic heterocycles. The quantitative estimate of drug-likeness (QED) is 0.363. The van der Waals surface area contributed by atoms with Crippen molar-refractivity contribution >= 4 is 6.21 Å². The molecule has 190 valence electrons. The molecule has 0 radical (unpaired) electrons. The van der Waals surface area contributed by atoms with E-state index in [1.54, 1.807) is 5.01 Å². The molecule has 7 nitrogen and oxygen atoms in total. The predicted molar refractivity (Wildman–Crippen MR) is 125 cm³/mol. The molecular weight excluding hydrogens is 497 g/mol. The number of pyridine rings is 1. The van der Waals surface area contributed by atoms with Crippen molar-refractivity contribution in [1.29, 1.82) is 0 Å². The van der Waals surface area contributed by atoms with Crippen LogP contribution in [0.4, 0.5) is 22.0 Å². The monoisotopic (exact) mass is 515 g/mol. The van der Waals surface area contributed by atoms with E-state index in [-0.39, 0.29) is 41.4 Å². The summed E-state index contributed by atoms with van der Waals surface area (Å²) in [5.41, 5.74) is -0.643. The highest BCUT2D eigenvalue weighted by Gasteiger charge is 2.35. The summed E-state index contributed by atoms with van der Waals surface area (Å²) in [5, 5.41) is 5.84. The van der Waals surface area contributed by atoms with Crippen LogP contribution >= 0.6 is 0 Å². The smallest absolute Gasteiger partial charge is 0.417 e. The molecule has 2 aromatic heterocycles. The number of hydrogen-bond donors (Lipinski definition) is 2. The molecule has 12 heteroatoms. The molecule has 0 unspecified atom stereocenters. The Morgan fingerprint density at radius 1 is 1.03 bits per heavy atom. The third kappa shape index (κ3) is 4.69. The lowest BCUT2D eigenvalue weighted by molar-refractivity contribution is -0.137. The van der Waals surface area contributed by atoms with Crippen LogP contribution < -0.4 is 10.3 Å². The lowest BCUT2D eigenvalue weighted by Crippen LogP contribution is -2.23. The number of ether oxygens (including phenoxy) is 1. The minimum absolute atomic E-state index is 0.0218. The third-order valence-corrected chi connectivity index (χ3v) is 5.85. The molecular formula is C25H18F5N5O2. The second-order valence-electron chi connectivity index (χ2n) is 8.25. The molecule has 0 bridgehead atoms. The first-order valence-corrected chi connectivity index (χ1v) is 10.9. The van der Waals surface area contributed by atoms with E-state index in [1.807, 2.05) is 0 Å². The zero-order chi connectivity index (χ0) is 26.3. The number of rotatable bonds is 5. The number of benzene rings is 2. The second kappa shape index (κ2) is 9.19. The fraction of sp³-hybridized carbons (Fsp3) is 0.160. The predicted octanol–water partition coefficient (Wildman–Crippen LogP) is 5.09. The zero-order valence-corrected chi connectivity index (χ0v) is 19.2. The van der Waals surface area contributed by atoms with Crippen LogP contribution in [0.2, 0.25) is 0 Å². The lowest BCUT2D eigenvalue weighted by Gasteiger charge is -2.21. The topological polar surface area (TPSA) is 86.4 Å². The molecule has 0 aliphatic carbocycles. The Labute approximate surface area is 206 Å². The van der Waals surface area contributed by atoms with Crippen LogP contribution in [0.3, 0.4) is 0 Å². The van der Waals surface area contributed by atoms with Gasteiger partial charge in [0, 0.05) is 11.3 Å². The van der Waals surface area contributed by atoms with Gasteiger partial charge in [0.15, 0.2) is 11.6 Å². The van der Waals surface area contributed by atoms with Gasteiger partial charge in [-0.3, -0.25) is 9.80 Å². The molecule has 1 aliphatic rings. The summed E-state index contributed by atoms with van der Waals surface area (Å²) in [6, 6.07) is 10.0. The summed E-state index contributed by atoms with van der Waals surface area (Å²) in [6.45, 7) is 0.346. The molecule has 2 N–H and O–H groups in total. The van der Waals surface area contributed by atoms with E-state index in [4.69, 9.17) is 4.74 Å². The van der Waals surface area contributed by atoms with Gasteiger partial charge in [-0.15, -0.1) is 0 Å². The third-order valence-electron chi connectivity index (χ3n) is 5.85. The SMILES string of the molecule is COc1ccc(-c2ccc(CN3Cc4[nH]c(-c5cccc(F)c5F)nc4C=N3)[nH]c2=O)c(C(F)(F)F)c1. The van der Waals surface area contributed by atoms with Crippen LogP contribution in [0.15, 0.2) is 58.4 Å². The van der Waals surface area contributed by atoms with Crippen LogP contribution in [0, 0.1) is 11.6 Å². The molecule has 0 amide bonds. The molecule has 0 saturated carbocycles. The average Bonchev–Trinajstić information content (AvgIpc) is 3.28. The number of aromatic amines is 2. The van der Waals surface area contributed by atoms with E-state index in [9.17, 15) is 26.7 Å². The van der Waals surface area contributed by atoms with Crippen molar-refractivity contribution in [2.24, 2.45) is 5.10 Å². The minimum atomic E-state index is -4.69. The van der Waals surface area contributed by atoms with Crippen molar-refractivity contribution in [2.45, 2.75) is 19.3 Å². The van der Waals surface area contributed by atoms with Gasteiger partial charge in [0.05, 0.1) is 43.2 Å². The van der Waals surface area contributed by atoms with Gasteiger partial charge in [-0.05, 0) is 48.0 Å². The number of aromatic nitrogens is 3. The Bertz CT molecular complexity index is 1570. The number of halogens is 5. The van der Waals surface area contributed by atoms with Gasteiger partial charge in [0.1, 0.15) is 17.3 Å². The number of fused-ring (bicyclic) bond motifs is 1. The molecule has 0 spiro atoms. The van der Waals surface area contributed by atoms with Crippen molar-refractivity contribution in [3.8, 4) is 28.3 Å². The van der Waals surface area contributed by atoms with Crippen molar-refractivity contribution in [3.05, 3.63) is 93.2 Å². The number of imidazole rings is 1. The summed E-state index contributed by atoms with van der Waals surface area (Å²) in [5.74, 6) is -1.85. The van der Waals surface area contributed by atoms with E-state index in [1.165, 1.54) is 49.7 Å². The van der Waals surface area contributed by atoms with Gasteiger partial charge >= 0.3 is 6.18 Å². The van der Waals surface area contributed by atoms with Crippen molar-refractivity contribution < 1.29 is 26.7 Å². The molecule has 0 saturated heterocycles. The lowest BCUT2D eigenvalue weighted by atomic mass is 10.00. The van der Waals surface area contributed by atoms with Gasteiger partial charge in [-0.2, -0.15) is 18.3 Å². The number of hydrazone groups is 1. The van der Waals surface area contributed by atoms with E-state index in [0.717, 1.165) is 12.1 Å². The molecule has 3 heterocycles. The number of alkyl halides is 3. The summed E-state index contributed by atoms with van der Waals surface area (Å²) >= 11 is 0. The summed E-state index contributed by atoms with van der Waals surface area (Å²) < 4.78 is 73.5. The number of H-pyrrole nitrogens is 2. The fourth-order valence-corrected chi connectivity index (χ4v) is 4.06. The van der Waals surface area contributed by atoms with E-state index >= 15 is 0 Å². The van der Waals surface area contributed by atoms with Gasteiger partial charge in [0.25, 0.3) is 5.56 Å². The van der Waals surface area contributed by atoms with Crippen LogP contribution in [0.25, 0.3) is 22.5 Å². The standard InChI is InChI=1S/C25H18F5N5O2/c1-37-14-6-8-15(18(9-14)25(28,29)30)16-7-5-13(32-24(16)36)11-35-12-21-20(10-31-35)33-23(34-21)17-3-2-4-19(26)22(17)27/h2-10H,11-12H2,1H3,(H,32,36)(H,33,34). The summed E-state index contributed by atoms with van der Waals surface area (Å²) in [7, 11) is 1.26. The van der Waals surface area contributed by atoms with Crippen LogP contribution in [0.5, 0.6) is 5.75 Å². The van der Waals surface area contributed by atoms with Gasteiger partial charge in [0.2, 0.25) is 0 Å². The molecule has 37 heavy (non-hydrogen) atoms. The second-order valence-corrected chi connectivity index (χ2v) is 8.25. The van der Waals surface area contributed by atoms with Gasteiger partial charge < -0.3 is 14.7 Å². The Morgan fingerprint density at radius 3 is 2.54 bits per heavy atom. The van der Waals surface area contributed by atoms with Crippen molar-refractivity contribution in [1.82, 2.24) is 20.0 Å². The Morgan fingerprint density at radius 2 is 1.81 bits per heavy atom. The van der Waals surface area contributed by atoms with Gasteiger partial charge in [-0.1, -0.05) is 6.07 Å². The average molecular weight is 515 g/mol. The highest BCUT2D eigenvalue weighted by Crippen LogP contribution is 2.38. The summed E-state index contributed by atoms with van der Waals surface area (Å²) in [4.78, 5) is 22.6. The first-order valence-electron chi connectivity index (χ1n) is 10.9. The van der Waals surface area contributed by atoms with Crippen molar-refractivity contribution in [3.63, 3.8) is 0 Å². The maximum atomic E-state index is 14.2. The first-order chi connectivity index (χ1) is 17.6.